The number of ether oxygens (including phenoxy) is 1. The van der Waals surface area contributed by atoms with Crippen LogP contribution in [0.1, 0.15) is 23.1 Å². The van der Waals surface area contributed by atoms with Crippen LogP contribution in [0.3, 0.4) is 0 Å². The zero-order valence-corrected chi connectivity index (χ0v) is 16.1. The average Bonchev–Trinajstić information content (AvgIpc) is 3.06. The number of hydrogen-bond donors (Lipinski definition) is 1. The van der Waals surface area contributed by atoms with Gasteiger partial charge >= 0.3 is 0 Å². The van der Waals surface area contributed by atoms with Crippen molar-refractivity contribution >= 4 is 17.5 Å². The number of benzene rings is 2. The van der Waals surface area contributed by atoms with Crippen molar-refractivity contribution in [3.63, 3.8) is 0 Å². The largest absolute Gasteiger partial charge is 0.497 e. The smallest absolute Gasteiger partial charge is 0.227 e. The standard InChI is InChI=1S/C22H26N2O3/c1-15-4-5-16(2)20(12-15)24-14-18(13-21(24)25)22(26)23-11-10-17-6-8-19(27-3)9-7-17/h4-9,12,18H,10-11,13-14H2,1-3H3,(H,23,26). The Morgan fingerprint density at radius 1 is 1.19 bits per heavy atom. The number of methoxy groups -OCH3 is 1. The zero-order chi connectivity index (χ0) is 19.4. The van der Waals surface area contributed by atoms with E-state index in [9.17, 15) is 9.59 Å². The summed E-state index contributed by atoms with van der Waals surface area (Å²) in [5, 5.41) is 2.97. The lowest BCUT2D eigenvalue weighted by atomic mass is 10.1. The third-order valence-electron chi connectivity index (χ3n) is 5.02. The quantitative estimate of drug-likeness (QED) is 0.855. The van der Waals surface area contributed by atoms with E-state index in [0.717, 1.165) is 34.5 Å². The first-order chi connectivity index (χ1) is 13.0. The van der Waals surface area contributed by atoms with Crippen LogP contribution in [0.2, 0.25) is 0 Å². The van der Waals surface area contributed by atoms with Gasteiger partial charge in [-0.25, -0.2) is 0 Å². The van der Waals surface area contributed by atoms with Gasteiger partial charge in [0.25, 0.3) is 0 Å². The molecule has 0 aromatic heterocycles. The monoisotopic (exact) mass is 366 g/mol. The van der Waals surface area contributed by atoms with E-state index in [1.54, 1.807) is 12.0 Å². The summed E-state index contributed by atoms with van der Waals surface area (Å²) < 4.78 is 5.15. The zero-order valence-electron chi connectivity index (χ0n) is 16.1. The van der Waals surface area contributed by atoms with Gasteiger partial charge in [0.05, 0.1) is 13.0 Å². The van der Waals surface area contributed by atoms with Crippen LogP contribution >= 0.6 is 0 Å². The maximum atomic E-state index is 12.5. The Balaban J connectivity index is 1.55. The molecule has 0 radical (unpaired) electrons. The van der Waals surface area contributed by atoms with Gasteiger partial charge in [-0.3, -0.25) is 9.59 Å². The molecule has 5 heteroatoms. The molecule has 1 aliphatic rings. The summed E-state index contributed by atoms with van der Waals surface area (Å²) in [5.74, 6) is 0.482. The Bertz CT molecular complexity index is 830. The van der Waals surface area contributed by atoms with Crippen LogP contribution in [-0.2, 0) is 16.0 Å². The minimum absolute atomic E-state index is 0.0130. The summed E-state index contributed by atoms with van der Waals surface area (Å²) in [6.07, 6.45) is 1.01. The van der Waals surface area contributed by atoms with E-state index >= 15 is 0 Å². The molecule has 2 aromatic carbocycles. The Morgan fingerprint density at radius 2 is 1.93 bits per heavy atom. The second kappa shape index (κ2) is 8.25. The molecular weight excluding hydrogens is 340 g/mol. The van der Waals surface area contributed by atoms with Crippen molar-refractivity contribution in [2.75, 3.05) is 25.1 Å². The Hall–Kier alpha value is -2.82. The Morgan fingerprint density at radius 3 is 2.63 bits per heavy atom. The summed E-state index contributed by atoms with van der Waals surface area (Å²) in [5.41, 5.74) is 4.20. The van der Waals surface area contributed by atoms with Gasteiger partial charge in [0, 0.05) is 25.2 Å². The highest BCUT2D eigenvalue weighted by Crippen LogP contribution is 2.28. The first-order valence-corrected chi connectivity index (χ1v) is 9.26. The summed E-state index contributed by atoms with van der Waals surface area (Å²) in [6, 6.07) is 13.9. The van der Waals surface area contributed by atoms with Gasteiger partial charge in [-0.1, -0.05) is 24.3 Å². The molecule has 0 bridgehead atoms. The van der Waals surface area contributed by atoms with E-state index in [0.29, 0.717) is 13.1 Å². The van der Waals surface area contributed by atoms with Gasteiger partial charge < -0.3 is 15.0 Å². The van der Waals surface area contributed by atoms with E-state index in [2.05, 4.69) is 5.32 Å². The van der Waals surface area contributed by atoms with E-state index < -0.39 is 0 Å². The molecule has 1 atom stereocenters. The van der Waals surface area contributed by atoms with Crippen molar-refractivity contribution in [3.05, 3.63) is 59.2 Å². The molecule has 2 amide bonds. The van der Waals surface area contributed by atoms with Gasteiger partial charge in [0.15, 0.2) is 0 Å². The highest BCUT2D eigenvalue weighted by Gasteiger charge is 2.35. The molecule has 2 aromatic rings. The molecule has 1 heterocycles. The van der Waals surface area contributed by atoms with Crippen molar-refractivity contribution in [1.82, 2.24) is 5.32 Å². The fourth-order valence-electron chi connectivity index (χ4n) is 3.39. The summed E-state index contributed by atoms with van der Waals surface area (Å²) >= 11 is 0. The number of rotatable bonds is 6. The number of nitrogens with one attached hydrogen (secondary N) is 1. The molecule has 27 heavy (non-hydrogen) atoms. The van der Waals surface area contributed by atoms with Crippen LogP contribution in [0.15, 0.2) is 42.5 Å². The fourth-order valence-corrected chi connectivity index (χ4v) is 3.39. The number of aryl methyl sites for hydroxylation is 2. The molecule has 1 fully saturated rings. The first kappa shape index (κ1) is 19.0. The minimum Gasteiger partial charge on any atom is -0.497 e. The summed E-state index contributed by atoms with van der Waals surface area (Å²) in [6.45, 7) is 4.99. The number of amides is 2. The third kappa shape index (κ3) is 4.48. The van der Waals surface area contributed by atoms with E-state index in [1.165, 1.54) is 0 Å². The maximum Gasteiger partial charge on any atom is 0.227 e. The van der Waals surface area contributed by atoms with E-state index in [4.69, 9.17) is 4.74 Å². The van der Waals surface area contributed by atoms with E-state index in [-0.39, 0.29) is 24.2 Å². The minimum atomic E-state index is -0.298. The van der Waals surface area contributed by atoms with Crippen molar-refractivity contribution in [2.24, 2.45) is 5.92 Å². The second-order valence-electron chi connectivity index (χ2n) is 7.08. The molecule has 5 nitrogen and oxygen atoms in total. The van der Waals surface area contributed by atoms with Gasteiger partial charge in [0.1, 0.15) is 5.75 Å². The third-order valence-corrected chi connectivity index (χ3v) is 5.02. The van der Waals surface area contributed by atoms with Crippen LogP contribution in [0, 0.1) is 19.8 Å². The molecule has 1 saturated heterocycles. The molecule has 0 spiro atoms. The van der Waals surface area contributed by atoms with Gasteiger partial charge in [-0.15, -0.1) is 0 Å². The van der Waals surface area contributed by atoms with Gasteiger partial charge in [-0.2, -0.15) is 0 Å². The fraction of sp³-hybridized carbons (Fsp3) is 0.364. The molecule has 0 aliphatic carbocycles. The normalized spacial score (nSPS) is 16.5. The van der Waals surface area contributed by atoms with Crippen LogP contribution in [0.4, 0.5) is 5.69 Å². The van der Waals surface area contributed by atoms with Crippen LogP contribution in [-0.4, -0.2) is 32.0 Å². The highest BCUT2D eigenvalue weighted by atomic mass is 16.5. The molecule has 0 saturated carbocycles. The van der Waals surface area contributed by atoms with Crippen molar-refractivity contribution in [2.45, 2.75) is 26.7 Å². The predicted octanol–water partition coefficient (Wildman–Crippen LogP) is 3.02. The average molecular weight is 366 g/mol. The molecule has 142 valence electrons. The number of carbonyl (C=O) groups is 2. The maximum absolute atomic E-state index is 12.5. The molecule has 3 rings (SSSR count). The lowest BCUT2D eigenvalue weighted by Gasteiger charge is -2.19. The van der Waals surface area contributed by atoms with Crippen LogP contribution in [0.25, 0.3) is 0 Å². The molecule has 1 unspecified atom stereocenters. The second-order valence-corrected chi connectivity index (χ2v) is 7.08. The summed E-state index contributed by atoms with van der Waals surface area (Å²) in [7, 11) is 1.64. The topological polar surface area (TPSA) is 58.6 Å². The van der Waals surface area contributed by atoms with Crippen molar-refractivity contribution in [1.29, 1.82) is 0 Å². The van der Waals surface area contributed by atoms with E-state index in [1.807, 2.05) is 56.3 Å². The van der Waals surface area contributed by atoms with Crippen LogP contribution in [0.5, 0.6) is 5.75 Å². The number of anilines is 1. The van der Waals surface area contributed by atoms with Gasteiger partial charge in [-0.05, 0) is 55.2 Å². The van der Waals surface area contributed by atoms with Crippen LogP contribution < -0.4 is 15.0 Å². The lowest BCUT2D eigenvalue weighted by Crippen LogP contribution is -2.34. The SMILES string of the molecule is COc1ccc(CCNC(=O)C2CC(=O)N(c3cc(C)ccc3C)C2)cc1. The summed E-state index contributed by atoms with van der Waals surface area (Å²) in [4.78, 5) is 26.7. The molecule has 1 N–H and O–H groups in total. The Labute approximate surface area is 160 Å². The molecular formula is C22H26N2O3. The van der Waals surface area contributed by atoms with Crippen molar-refractivity contribution in [3.8, 4) is 5.75 Å². The number of carbonyl (C=O) groups excluding carboxylic acids is 2. The number of hydrogen-bond acceptors (Lipinski definition) is 3. The van der Waals surface area contributed by atoms with Gasteiger partial charge in [0.2, 0.25) is 11.8 Å². The molecule has 1 aliphatic heterocycles. The number of nitrogens with zero attached hydrogens (tertiary/aromatic N) is 1. The lowest BCUT2D eigenvalue weighted by molar-refractivity contribution is -0.126. The highest BCUT2D eigenvalue weighted by molar-refractivity contribution is 6.00. The predicted molar refractivity (Wildman–Crippen MR) is 106 cm³/mol. The van der Waals surface area contributed by atoms with Crippen molar-refractivity contribution < 1.29 is 14.3 Å². The Kier molecular flexibility index (Phi) is 5.79. The first-order valence-electron chi connectivity index (χ1n) is 9.26.